The van der Waals surface area contributed by atoms with Crippen LogP contribution in [0.1, 0.15) is 18.4 Å². The molecule has 0 spiro atoms. The Bertz CT molecular complexity index is 540. The summed E-state index contributed by atoms with van der Waals surface area (Å²) in [6, 6.07) is 7.96. The molecule has 1 aromatic carbocycles. The van der Waals surface area contributed by atoms with Crippen LogP contribution in [0.4, 0.5) is 0 Å². The van der Waals surface area contributed by atoms with Gasteiger partial charge in [0, 0.05) is 37.7 Å². The lowest BCUT2D eigenvalue weighted by Crippen LogP contribution is -2.38. The fourth-order valence-corrected chi connectivity index (χ4v) is 3.31. The summed E-state index contributed by atoms with van der Waals surface area (Å²) in [6.07, 6.45) is 1.84. The summed E-state index contributed by atoms with van der Waals surface area (Å²) in [5, 5.41) is 6.37. The Morgan fingerprint density at radius 2 is 2.00 bits per heavy atom. The zero-order valence-corrected chi connectivity index (χ0v) is 14.8. The van der Waals surface area contributed by atoms with E-state index < -0.39 is 0 Å². The molecule has 0 atom stereocenters. The topological polar surface area (TPSA) is 62.8 Å². The number of para-hydroxylation sites is 1. The van der Waals surface area contributed by atoms with Gasteiger partial charge in [-0.2, -0.15) is 0 Å². The van der Waals surface area contributed by atoms with Crippen LogP contribution in [-0.4, -0.2) is 63.4 Å². The quantitative estimate of drug-likeness (QED) is 0.771. The monoisotopic (exact) mass is 347 g/mol. The highest BCUT2D eigenvalue weighted by molar-refractivity contribution is 5.78. The van der Waals surface area contributed by atoms with E-state index in [2.05, 4.69) is 15.5 Å². The lowest BCUT2D eigenvalue weighted by atomic mass is 9.97. The van der Waals surface area contributed by atoms with E-state index in [-0.39, 0.29) is 11.8 Å². The number of hydrogen-bond acceptors (Lipinski definition) is 5. The molecule has 1 aromatic rings. The van der Waals surface area contributed by atoms with E-state index >= 15 is 0 Å². The van der Waals surface area contributed by atoms with E-state index in [1.54, 1.807) is 0 Å². The number of hydrogen-bond donors (Lipinski definition) is 2. The number of carbonyl (C=O) groups is 1. The van der Waals surface area contributed by atoms with Gasteiger partial charge in [-0.3, -0.25) is 9.69 Å². The second-order valence-electron chi connectivity index (χ2n) is 6.65. The molecule has 2 aliphatic rings. The lowest BCUT2D eigenvalue weighted by molar-refractivity contribution is -0.125. The molecule has 0 saturated carbocycles. The molecule has 6 nitrogen and oxygen atoms in total. The van der Waals surface area contributed by atoms with E-state index in [0.29, 0.717) is 13.2 Å². The number of benzene rings is 1. The second-order valence-corrected chi connectivity index (χ2v) is 6.65. The number of amides is 1. The van der Waals surface area contributed by atoms with Gasteiger partial charge in [0.1, 0.15) is 12.4 Å². The average Bonchev–Trinajstić information content (AvgIpc) is 2.68. The van der Waals surface area contributed by atoms with Crippen molar-refractivity contribution >= 4 is 5.91 Å². The molecule has 0 bridgehead atoms. The third kappa shape index (κ3) is 5.70. The third-order valence-corrected chi connectivity index (χ3v) is 4.90. The summed E-state index contributed by atoms with van der Waals surface area (Å²) in [4.78, 5) is 14.7. The van der Waals surface area contributed by atoms with Crippen LogP contribution in [0.15, 0.2) is 24.3 Å². The summed E-state index contributed by atoms with van der Waals surface area (Å²) in [5.41, 5.74) is 1.03. The number of piperidine rings is 1. The maximum Gasteiger partial charge on any atom is 0.223 e. The first-order chi connectivity index (χ1) is 12.3. The van der Waals surface area contributed by atoms with Crippen LogP contribution in [0.5, 0.6) is 5.75 Å². The first-order valence-corrected chi connectivity index (χ1v) is 9.32. The molecule has 3 rings (SSSR count). The fourth-order valence-electron chi connectivity index (χ4n) is 3.31. The van der Waals surface area contributed by atoms with E-state index in [9.17, 15) is 4.79 Å². The molecular weight excluding hydrogens is 318 g/mol. The number of nitrogens with zero attached hydrogens (tertiary/aromatic N) is 1. The number of carbonyl (C=O) groups excluding carboxylic acids is 1. The Labute approximate surface area is 149 Å². The van der Waals surface area contributed by atoms with Crippen molar-refractivity contribution in [3.05, 3.63) is 29.8 Å². The van der Waals surface area contributed by atoms with Crippen molar-refractivity contribution < 1.29 is 14.3 Å². The number of ether oxygens (including phenoxy) is 2. The van der Waals surface area contributed by atoms with Crippen LogP contribution >= 0.6 is 0 Å². The Morgan fingerprint density at radius 3 is 2.80 bits per heavy atom. The molecule has 25 heavy (non-hydrogen) atoms. The van der Waals surface area contributed by atoms with Crippen molar-refractivity contribution in [1.29, 1.82) is 0 Å². The molecule has 2 saturated heterocycles. The number of nitrogens with one attached hydrogen (secondary N) is 2. The van der Waals surface area contributed by atoms with Crippen LogP contribution in [0.25, 0.3) is 0 Å². The maximum atomic E-state index is 12.3. The van der Waals surface area contributed by atoms with Crippen molar-refractivity contribution in [3.8, 4) is 5.75 Å². The van der Waals surface area contributed by atoms with Crippen molar-refractivity contribution in [1.82, 2.24) is 15.5 Å². The van der Waals surface area contributed by atoms with Gasteiger partial charge in [0.25, 0.3) is 0 Å². The van der Waals surface area contributed by atoms with E-state index in [4.69, 9.17) is 9.47 Å². The first-order valence-electron chi connectivity index (χ1n) is 9.32. The average molecular weight is 347 g/mol. The fraction of sp³-hybridized carbons (Fsp3) is 0.632. The predicted molar refractivity (Wildman–Crippen MR) is 96.6 cm³/mol. The van der Waals surface area contributed by atoms with E-state index in [1.165, 1.54) is 0 Å². The van der Waals surface area contributed by atoms with E-state index in [0.717, 1.165) is 70.1 Å². The van der Waals surface area contributed by atoms with Gasteiger partial charge >= 0.3 is 0 Å². The van der Waals surface area contributed by atoms with E-state index in [1.807, 2.05) is 24.3 Å². The molecule has 0 radical (unpaired) electrons. The Hall–Kier alpha value is -1.63. The summed E-state index contributed by atoms with van der Waals surface area (Å²) >= 11 is 0. The van der Waals surface area contributed by atoms with Gasteiger partial charge in [-0.15, -0.1) is 0 Å². The second kappa shape index (κ2) is 9.75. The summed E-state index contributed by atoms with van der Waals surface area (Å²) in [5.74, 6) is 1.15. The highest BCUT2D eigenvalue weighted by Crippen LogP contribution is 2.18. The Kier molecular flexibility index (Phi) is 7.09. The maximum absolute atomic E-state index is 12.3. The van der Waals surface area contributed by atoms with Gasteiger partial charge in [0.15, 0.2) is 0 Å². The summed E-state index contributed by atoms with van der Waals surface area (Å²) in [7, 11) is 0. The molecule has 1 amide bonds. The normalized spacial score (nSPS) is 19.5. The van der Waals surface area contributed by atoms with Crippen LogP contribution < -0.4 is 15.4 Å². The third-order valence-electron chi connectivity index (χ3n) is 4.90. The minimum absolute atomic E-state index is 0.135. The molecule has 0 aromatic heterocycles. The Morgan fingerprint density at radius 1 is 1.24 bits per heavy atom. The van der Waals surface area contributed by atoms with Gasteiger partial charge in [-0.1, -0.05) is 18.2 Å². The van der Waals surface area contributed by atoms with Crippen LogP contribution in [0, 0.1) is 5.92 Å². The molecule has 0 unspecified atom stereocenters. The lowest BCUT2D eigenvalue weighted by Gasteiger charge is -2.26. The minimum atomic E-state index is 0.135. The van der Waals surface area contributed by atoms with Gasteiger partial charge < -0.3 is 20.1 Å². The van der Waals surface area contributed by atoms with Crippen LogP contribution in [0.3, 0.4) is 0 Å². The highest BCUT2D eigenvalue weighted by Gasteiger charge is 2.20. The van der Waals surface area contributed by atoms with Crippen molar-refractivity contribution in [2.75, 3.05) is 52.5 Å². The van der Waals surface area contributed by atoms with Gasteiger partial charge in [0.05, 0.1) is 13.2 Å². The molecule has 2 fully saturated rings. The molecule has 2 heterocycles. The molecule has 2 aliphatic heterocycles. The molecule has 138 valence electrons. The van der Waals surface area contributed by atoms with Crippen molar-refractivity contribution in [2.45, 2.75) is 19.4 Å². The molecular formula is C19H29N3O3. The zero-order chi connectivity index (χ0) is 17.3. The zero-order valence-electron chi connectivity index (χ0n) is 14.8. The minimum Gasteiger partial charge on any atom is -0.492 e. The smallest absolute Gasteiger partial charge is 0.223 e. The van der Waals surface area contributed by atoms with Gasteiger partial charge in [-0.25, -0.2) is 0 Å². The molecule has 6 heteroatoms. The van der Waals surface area contributed by atoms with Gasteiger partial charge in [-0.05, 0) is 32.0 Å². The largest absolute Gasteiger partial charge is 0.492 e. The summed E-state index contributed by atoms with van der Waals surface area (Å²) in [6.45, 7) is 7.49. The van der Waals surface area contributed by atoms with Crippen LogP contribution in [-0.2, 0) is 16.1 Å². The number of morpholine rings is 1. The summed E-state index contributed by atoms with van der Waals surface area (Å²) < 4.78 is 11.3. The Balaban J connectivity index is 1.45. The molecule has 0 aliphatic carbocycles. The predicted octanol–water partition coefficient (Wildman–Crippen LogP) is 1.01. The van der Waals surface area contributed by atoms with Gasteiger partial charge in [0.2, 0.25) is 5.91 Å². The first kappa shape index (κ1) is 18.2. The SMILES string of the molecule is O=C(NCc1ccccc1OCCN1CCOCC1)C1CCNCC1. The standard InChI is InChI=1S/C19H29N3O3/c23-19(16-5-7-20-8-6-16)21-15-17-3-1-2-4-18(17)25-14-11-22-9-12-24-13-10-22/h1-4,16,20H,5-15H2,(H,21,23). The van der Waals surface area contributed by atoms with Crippen molar-refractivity contribution in [2.24, 2.45) is 5.92 Å². The number of rotatable bonds is 7. The van der Waals surface area contributed by atoms with Crippen molar-refractivity contribution in [3.63, 3.8) is 0 Å². The molecule has 2 N–H and O–H groups in total. The highest BCUT2D eigenvalue weighted by atomic mass is 16.5. The van der Waals surface area contributed by atoms with Crippen LogP contribution in [0.2, 0.25) is 0 Å².